The SMILES string of the molecule is C=CCn1cc(/C=N\NC(=O)Cc2ccc(OC)cc2)c2ccccc21. The number of methoxy groups -OCH3 is 1. The van der Waals surface area contributed by atoms with Gasteiger partial charge < -0.3 is 9.30 Å². The Kier molecular flexibility index (Phi) is 5.49. The van der Waals surface area contributed by atoms with E-state index in [4.69, 9.17) is 4.74 Å². The van der Waals surface area contributed by atoms with Crippen LogP contribution in [0.1, 0.15) is 11.1 Å². The molecule has 1 amide bonds. The van der Waals surface area contributed by atoms with Crippen LogP contribution >= 0.6 is 0 Å². The van der Waals surface area contributed by atoms with Crippen LogP contribution in [0, 0.1) is 0 Å². The second kappa shape index (κ2) is 8.16. The lowest BCUT2D eigenvalue weighted by Gasteiger charge is -2.02. The first-order chi connectivity index (χ1) is 12.7. The summed E-state index contributed by atoms with van der Waals surface area (Å²) in [5.41, 5.74) is 5.55. The molecule has 0 spiro atoms. The molecule has 26 heavy (non-hydrogen) atoms. The Hall–Kier alpha value is -3.34. The maximum atomic E-state index is 12.1. The van der Waals surface area contributed by atoms with Gasteiger partial charge in [0.2, 0.25) is 5.91 Å². The van der Waals surface area contributed by atoms with Crippen LogP contribution in [0.3, 0.4) is 0 Å². The molecule has 0 saturated carbocycles. The molecule has 3 aromatic rings. The number of para-hydroxylation sites is 1. The minimum atomic E-state index is -0.166. The number of nitrogens with zero attached hydrogens (tertiary/aromatic N) is 2. The van der Waals surface area contributed by atoms with Crippen molar-refractivity contribution >= 4 is 23.0 Å². The number of ether oxygens (including phenoxy) is 1. The lowest BCUT2D eigenvalue weighted by atomic mass is 10.1. The van der Waals surface area contributed by atoms with Crippen LogP contribution in [0.25, 0.3) is 10.9 Å². The molecule has 132 valence electrons. The van der Waals surface area contributed by atoms with Crippen molar-refractivity contribution in [2.24, 2.45) is 5.10 Å². The van der Waals surface area contributed by atoms with Gasteiger partial charge in [0, 0.05) is 29.2 Å². The summed E-state index contributed by atoms with van der Waals surface area (Å²) in [5.74, 6) is 0.601. The Morgan fingerprint density at radius 2 is 2.00 bits per heavy atom. The molecule has 0 bridgehead atoms. The summed E-state index contributed by atoms with van der Waals surface area (Å²) in [7, 11) is 1.61. The van der Waals surface area contributed by atoms with E-state index in [0.29, 0.717) is 0 Å². The van der Waals surface area contributed by atoms with E-state index in [0.717, 1.165) is 34.3 Å². The van der Waals surface area contributed by atoms with E-state index in [2.05, 4.69) is 27.7 Å². The van der Waals surface area contributed by atoms with E-state index in [-0.39, 0.29) is 12.3 Å². The van der Waals surface area contributed by atoms with Gasteiger partial charge in [-0.3, -0.25) is 4.79 Å². The van der Waals surface area contributed by atoms with Gasteiger partial charge in [-0.2, -0.15) is 5.10 Å². The average Bonchev–Trinajstić information content (AvgIpc) is 3.01. The van der Waals surface area contributed by atoms with Gasteiger partial charge >= 0.3 is 0 Å². The number of fused-ring (bicyclic) bond motifs is 1. The normalized spacial score (nSPS) is 11.0. The summed E-state index contributed by atoms with van der Waals surface area (Å²) in [5, 5.41) is 5.19. The Balaban J connectivity index is 1.67. The lowest BCUT2D eigenvalue weighted by Crippen LogP contribution is -2.19. The largest absolute Gasteiger partial charge is 0.497 e. The van der Waals surface area contributed by atoms with Crippen molar-refractivity contribution in [3.05, 3.63) is 78.5 Å². The summed E-state index contributed by atoms with van der Waals surface area (Å²) in [6, 6.07) is 15.5. The van der Waals surface area contributed by atoms with Crippen molar-refractivity contribution in [2.45, 2.75) is 13.0 Å². The minimum Gasteiger partial charge on any atom is -0.497 e. The van der Waals surface area contributed by atoms with Crippen LogP contribution in [0.4, 0.5) is 0 Å². The van der Waals surface area contributed by atoms with Crippen LogP contribution < -0.4 is 10.2 Å². The number of hydrogen-bond donors (Lipinski definition) is 1. The van der Waals surface area contributed by atoms with Crippen molar-refractivity contribution < 1.29 is 9.53 Å². The van der Waals surface area contributed by atoms with E-state index in [9.17, 15) is 4.79 Å². The van der Waals surface area contributed by atoms with Gasteiger partial charge in [-0.05, 0) is 23.8 Å². The molecule has 5 nitrogen and oxygen atoms in total. The monoisotopic (exact) mass is 347 g/mol. The standard InChI is InChI=1S/C21H21N3O2/c1-3-12-24-15-17(19-6-4-5-7-20(19)24)14-22-23-21(25)13-16-8-10-18(26-2)11-9-16/h3-11,14-15H,1,12-13H2,2H3,(H,23,25)/b22-14-. The van der Waals surface area contributed by atoms with Gasteiger partial charge in [0.15, 0.2) is 0 Å². The van der Waals surface area contributed by atoms with Crippen molar-refractivity contribution in [1.29, 1.82) is 0 Å². The van der Waals surface area contributed by atoms with Gasteiger partial charge in [-0.15, -0.1) is 6.58 Å². The maximum absolute atomic E-state index is 12.1. The summed E-state index contributed by atoms with van der Waals surface area (Å²) in [6.45, 7) is 4.51. The van der Waals surface area contributed by atoms with Gasteiger partial charge in [-0.1, -0.05) is 36.4 Å². The maximum Gasteiger partial charge on any atom is 0.244 e. The number of hydrazone groups is 1. The van der Waals surface area contributed by atoms with Crippen molar-refractivity contribution in [1.82, 2.24) is 9.99 Å². The van der Waals surface area contributed by atoms with Crippen molar-refractivity contribution in [2.75, 3.05) is 7.11 Å². The number of amides is 1. The molecular formula is C21H21N3O2. The fourth-order valence-corrected chi connectivity index (χ4v) is 2.81. The quantitative estimate of drug-likeness (QED) is 0.404. The molecule has 0 fully saturated rings. The molecule has 0 aliphatic rings. The molecular weight excluding hydrogens is 326 g/mol. The Morgan fingerprint density at radius 1 is 1.23 bits per heavy atom. The first-order valence-electron chi connectivity index (χ1n) is 8.35. The Morgan fingerprint density at radius 3 is 2.73 bits per heavy atom. The summed E-state index contributed by atoms with van der Waals surface area (Å²) < 4.78 is 7.21. The predicted octanol–water partition coefficient (Wildman–Crippen LogP) is 3.53. The zero-order chi connectivity index (χ0) is 18.4. The van der Waals surface area contributed by atoms with E-state index >= 15 is 0 Å². The molecule has 0 radical (unpaired) electrons. The van der Waals surface area contributed by atoms with Crippen LogP contribution in [-0.4, -0.2) is 23.8 Å². The highest BCUT2D eigenvalue weighted by molar-refractivity contribution is 5.99. The molecule has 0 saturated heterocycles. The van der Waals surface area contributed by atoms with Crippen LogP contribution in [0.5, 0.6) is 5.75 Å². The Bertz CT molecular complexity index is 940. The third kappa shape index (κ3) is 4.00. The third-order valence-electron chi connectivity index (χ3n) is 4.06. The number of nitrogens with one attached hydrogen (secondary N) is 1. The smallest absolute Gasteiger partial charge is 0.244 e. The van der Waals surface area contributed by atoms with Gasteiger partial charge in [-0.25, -0.2) is 5.43 Å². The molecule has 0 aliphatic carbocycles. The number of aromatic nitrogens is 1. The van der Waals surface area contributed by atoms with Gasteiger partial charge in [0.05, 0.1) is 19.7 Å². The van der Waals surface area contributed by atoms with E-state index in [1.165, 1.54) is 0 Å². The number of benzene rings is 2. The molecule has 5 heteroatoms. The summed E-state index contributed by atoms with van der Waals surface area (Å²) in [4.78, 5) is 12.1. The highest BCUT2D eigenvalue weighted by Crippen LogP contribution is 2.20. The molecule has 2 aromatic carbocycles. The topological polar surface area (TPSA) is 55.6 Å². The molecule has 3 rings (SSSR count). The number of carbonyl (C=O) groups excluding carboxylic acids is 1. The zero-order valence-electron chi connectivity index (χ0n) is 14.7. The molecule has 1 heterocycles. The second-order valence-corrected chi connectivity index (χ2v) is 5.86. The number of carbonyl (C=O) groups is 1. The van der Waals surface area contributed by atoms with Crippen molar-refractivity contribution in [3.8, 4) is 5.75 Å². The fraction of sp³-hybridized carbons (Fsp3) is 0.143. The fourth-order valence-electron chi connectivity index (χ4n) is 2.81. The highest BCUT2D eigenvalue weighted by atomic mass is 16.5. The third-order valence-corrected chi connectivity index (χ3v) is 4.06. The van der Waals surface area contributed by atoms with Gasteiger partial charge in [0.1, 0.15) is 5.75 Å². The van der Waals surface area contributed by atoms with E-state index < -0.39 is 0 Å². The molecule has 0 atom stereocenters. The van der Waals surface area contributed by atoms with Crippen LogP contribution in [-0.2, 0) is 17.8 Å². The number of rotatable bonds is 7. The molecule has 0 unspecified atom stereocenters. The zero-order valence-corrected chi connectivity index (χ0v) is 14.7. The molecule has 0 aliphatic heterocycles. The van der Waals surface area contributed by atoms with E-state index in [1.54, 1.807) is 13.3 Å². The summed E-state index contributed by atoms with van der Waals surface area (Å²) >= 11 is 0. The first kappa shape index (κ1) is 17.5. The Labute approximate surface area is 152 Å². The van der Waals surface area contributed by atoms with Crippen LogP contribution in [0.15, 0.2) is 72.5 Å². The first-order valence-corrected chi connectivity index (χ1v) is 8.35. The lowest BCUT2D eigenvalue weighted by molar-refractivity contribution is -0.120. The number of allylic oxidation sites excluding steroid dienone is 1. The van der Waals surface area contributed by atoms with Gasteiger partial charge in [0.25, 0.3) is 0 Å². The summed E-state index contributed by atoms with van der Waals surface area (Å²) in [6.07, 6.45) is 5.79. The highest BCUT2D eigenvalue weighted by Gasteiger charge is 2.06. The predicted molar refractivity (Wildman–Crippen MR) is 105 cm³/mol. The van der Waals surface area contributed by atoms with Crippen molar-refractivity contribution in [3.63, 3.8) is 0 Å². The van der Waals surface area contributed by atoms with Crippen LogP contribution in [0.2, 0.25) is 0 Å². The average molecular weight is 347 g/mol. The molecule has 1 aromatic heterocycles. The second-order valence-electron chi connectivity index (χ2n) is 5.86. The molecule has 1 N–H and O–H groups in total. The van der Waals surface area contributed by atoms with E-state index in [1.807, 2.05) is 54.7 Å². The minimum absolute atomic E-state index is 0.166. The number of hydrogen-bond acceptors (Lipinski definition) is 3.